The molecule has 4 aromatic rings. The van der Waals surface area contributed by atoms with Crippen molar-refractivity contribution in [2.75, 3.05) is 7.11 Å². The summed E-state index contributed by atoms with van der Waals surface area (Å²) in [6.45, 7) is 0.200. The van der Waals surface area contributed by atoms with E-state index >= 15 is 0 Å². The molecular formula is C30H24FNO4S. The summed E-state index contributed by atoms with van der Waals surface area (Å²) in [5.41, 5.74) is 3.70. The third-order valence-corrected chi connectivity index (χ3v) is 6.71. The first-order valence-electron chi connectivity index (χ1n) is 11.6. The van der Waals surface area contributed by atoms with Crippen LogP contribution in [0.15, 0.2) is 107 Å². The van der Waals surface area contributed by atoms with Gasteiger partial charge < -0.3 is 19.4 Å². The lowest BCUT2D eigenvalue weighted by Gasteiger charge is -2.28. The fourth-order valence-electron chi connectivity index (χ4n) is 4.05. The Morgan fingerprint density at radius 2 is 1.84 bits per heavy atom. The summed E-state index contributed by atoms with van der Waals surface area (Å²) in [6.07, 6.45) is 2.34. The van der Waals surface area contributed by atoms with Crippen molar-refractivity contribution in [1.29, 1.82) is 0 Å². The number of allylic oxidation sites excluding steroid dienone is 1. The largest absolute Gasteiger partial charge is 0.497 e. The Balaban J connectivity index is 1.52. The Labute approximate surface area is 218 Å². The van der Waals surface area contributed by atoms with E-state index in [0.29, 0.717) is 29.4 Å². The monoisotopic (exact) mass is 513 g/mol. The molecule has 37 heavy (non-hydrogen) atoms. The van der Waals surface area contributed by atoms with E-state index in [9.17, 15) is 9.60 Å². The molecule has 5 nitrogen and oxygen atoms in total. The van der Waals surface area contributed by atoms with Crippen molar-refractivity contribution < 1.29 is 23.8 Å². The number of para-hydroxylation sites is 1. The van der Waals surface area contributed by atoms with Gasteiger partial charge in [0.2, 0.25) is 0 Å². The quantitative estimate of drug-likeness (QED) is 0.198. The third-order valence-electron chi connectivity index (χ3n) is 5.89. The van der Waals surface area contributed by atoms with Crippen molar-refractivity contribution in [3.05, 3.63) is 129 Å². The van der Waals surface area contributed by atoms with Crippen LogP contribution in [-0.4, -0.2) is 18.0 Å². The van der Waals surface area contributed by atoms with Crippen molar-refractivity contribution in [3.63, 3.8) is 0 Å². The zero-order valence-electron chi connectivity index (χ0n) is 20.1. The number of hydrogen-bond acceptors (Lipinski definition) is 6. The SMILES string of the molecule is COc1ccc(C/C(=C2/OC(=C\c3cccs3)/C2=N\O)c2ccccc2OCc2cccc(F)c2)cc1. The molecule has 1 fully saturated rings. The molecule has 2 heterocycles. The first kappa shape index (κ1) is 24.3. The number of benzene rings is 3. The van der Waals surface area contributed by atoms with E-state index in [4.69, 9.17) is 14.2 Å². The van der Waals surface area contributed by atoms with Gasteiger partial charge in [0.25, 0.3) is 0 Å². The van der Waals surface area contributed by atoms with E-state index in [2.05, 4.69) is 5.16 Å². The molecule has 7 heteroatoms. The Morgan fingerprint density at radius 1 is 1.00 bits per heavy atom. The maximum atomic E-state index is 13.7. The topological polar surface area (TPSA) is 60.3 Å². The molecule has 0 unspecified atom stereocenters. The van der Waals surface area contributed by atoms with E-state index in [1.807, 2.05) is 78.2 Å². The minimum absolute atomic E-state index is 0.200. The predicted octanol–water partition coefficient (Wildman–Crippen LogP) is 7.33. The molecule has 0 bridgehead atoms. The van der Waals surface area contributed by atoms with Crippen molar-refractivity contribution in [2.45, 2.75) is 13.0 Å². The molecule has 0 aliphatic carbocycles. The number of hydrogen-bond donors (Lipinski definition) is 1. The van der Waals surface area contributed by atoms with E-state index in [0.717, 1.165) is 32.9 Å². The molecular weight excluding hydrogens is 489 g/mol. The van der Waals surface area contributed by atoms with Crippen molar-refractivity contribution >= 4 is 28.7 Å². The summed E-state index contributed by atoms with van der Waals surface area (Å²) in [5.74, 6) is 2.02. The third kappa shape index (κ3) is 5.57. The van der Waals surface area contributed by atoms with Gasteiger partial charge in [-0.2, -0.15) is 0 Å². The normalized spacial score (nSPS) is 16.3. The number of thiophene rings is 1. The maximum absolute atomic E-state index is 13.7. The number of rotatable bonds is 8. The highest BCUT2D eigenvalue weighted by molar-refractivity contribution is 7.10. The Morgan fingerprint density at radius 3 is 2.57 bits per heavy atom. The fraction of sp³-hybridized carbons (Fsp3) is 0.100. The minimum atomic E-state index is -0.312. The van der Waals surface area contributed by atoms with Crippen molar-refractivity contribution in [3.8, 4) is 11.5 Å². The van der Waals surface area contributed by atoms with Crippen LogP contribution < -0.4 is 9.47 Å². The molecule has 0 spiro atoms. The Bertz CT molecular complexity index is 1470. The fourth-order valence-corrected chi connectivity index (χ4v) is 4.69. The maximum Gasteiger partial charge on any atom is 0.188 e. The molecule has 0 radical (unpaired) electrons. The van der Waals surface area contributed by atoms with Crippen LogP contribution in [0.5, 0.6) is 11.5 Å². The van der Waals surface area contributed by atoms with Crippen LogP contribution in [0.3, 0.4) is 0 Å². The summed E-state index contributed by atoms with van der Waals surface area (Å²) < 4.78 is 31.2. The first-order chi connectivity index (χ1) is 18.1. The lowest BCUT2D eigenvalue weighted by molar-refractivity contribution is 0.275. The van der Waals surface area contributed by atoms with Gasteiger partial charge in [0.05, 0.1) is 7.11 Å². The molecule has 0 atom stereocenters. The van der Waals surface area contributed by atoms with Crippen LogP contribution in [0.2, 0.25) is 0 Å². The average Bonchev–Trinajstić information content (AvgIpc) is 3.43. The van der Waals surface area contributed by atoms with Gasteiger partial charge in [-0.25, -0.2) is 4.39 Å². The highest BCUT2D eigenvalue weighted by atomic mass is 32.1. The molecule has 1 N–H and O–H groups in total. The lowest BCUT2D eigenvalue weighted by Crippen LogP contribution is -2.25. The summed E-state index contributed by atoms with van der Waals surface area (Å²) in [5, 5.41) is 15.4. The van der Waals surface area contributed by atoms with Crippen LogP contribution in [0.4, 0.5) is 4.39 Å². The van der Waals surface area contributed by atoms with Crippen LogP contribution in [0, 0.1) is 5.82 Å². The molecule has 0 amide bonds. The second-order valence-corrected chi connectivity index (χ2v) is 9.30. The number of ether oxygens (including phenoxy) is 3. The van der Waals surface area contributed by atoms with Crippen LogP contribution in [0.1, 0.15) is 21.6 Å². The lowest BCUT2D eigenvalue weighted by atomic mass is 9.92. The van der Waals surface area contributed by atoms with E-state index in [1.165, 1.54) is 12.1 Å². The molecule has 1 saturated heterocycles. The van der Waals surface area contributed by atoms with Crippen molar-refractivity contribution in [2.24, 2.45) is 5.16 Å². The highest BCUT2D eigenvalue weighted by Crippen LogP contribution is 2.39. The van der Waals surface area contributed by atoms with Gasteiger partial charge in [0.1, 0.15) is 23.9 Å². The summed E-state index contributed by atoms with van der Waals surface area (Å²) in [6, 6.07) is 25.6. The molecule has 5 rings (SSSR count). The predicted molar refractivity (Wildman–Crippen MR) is 143 cm³/mol. The second kappa shape index (κ2) is 11.1. The first-order valence-corrected chi connectivity index (χ1v) is 12.5. The van der Waals surface area contributed by atoms with Crippen molar-refractivity contribution in [1.82, 2.24) is 0 Å². The van der Waals surface area contributed by atoms with E-state index in [-0.39, 0.29) is 12.4 Å². The van der Waals surface area contributed by atoms with Gasteiger partial charge in [0, 0.05) is 28.5 Å². The number of methoxy groups -OCH3 is 1. The van der Waals surface area contributed by atoms with Crippen LogP contribution >= 0.6 is 11.3 Å². The Kier molecular flexibility index (Phi) is 7.33. The van der Waals surface area contributed by atoms with Gasteiger partial charge in [-0.1, -0.05) is 53.7 Å². The minimum Gasteiger partial charge on any atom is -0.497 e. The molecule has 1 aliphatic rings. The summed E-state index contributed by atoms with van der Waals surface area (Å²) in [7, 11) is 1.63. The van der Waals surface area contributed by atoms with Crippen LogP contribution in [-0.2, 0) is 17.8 Å². The number of nitrogens with zero attached hydrogens (tertiary/aromatic N) is 1. The molecule has 186 valence electrons. The molecule has 3 aromatic carbocycles. The van der Waals surface area contributed by atoms with E-state index < -0.39 is 0 Å². The molecule has 1 aliphatic heterocycles. The van der Waals surface area contributed by atoms with Gasteiger partial charge in [0.15, 0.2) is 17.2 Å². The number of oxime groups is 1. The van der Waals surface area contributed by atoms with E-state index in [1.54, 1.807) is 24.5 Å². The second-order valence-electron chi connectivity index (χ2n) is 8.32. The van der Waals surface area contributed by atoms with Crippen LogP contribution in [0.25, 0.3) is 11.6 Å². The summed E-state index contributed by atoms with van der Waals surface area (Å²) >= 11 is 1.57. The number of halogens is 1. The average molecular weight is 514 g/mol. The zero-order valence-corrected chi connectivity index (χ0v) is 20.9. The zero-order chi connectivity index (χ0) is 25.6. The molecule has 1 aromatic heterocycles. The Hall–Kier alpha value is -4.36. The van der Waals surface area contributed by atoms with Gasteiger partial charge in [-0.3, -0.25) is 0 Å². The smallest absolute Gasteiger partial charge is 0.188 e. The summed E-state index contributed by atoms with van der Waals surface area (Å²) in [4.78, 5) is 0.991. The highest BCUT2D eigenvalue weighted by Gasteiger charge is 2.34. The van der Waals surface area contributed by atoms with Gasteiger partial charge in [-0.15, -0.1) is 11.3 Å². The molecule has 0 saturated carbocycles. The van der Waals surface area contributed by atoms with Gasteiger partial charge >= 0.3 is 0 Å². The van der Waals surface area contributed by atoms with Gasteiger partial charge in [-0.05, 0) is 52.9 Å². The standard InChI is InChI=1S/C30H24FNO4S/c1-34-23-13-11-20(12-14-23)17-26(30-29(32-33)28(36-30)18-24-8-5-15-37-24)25-9-2-3-10-27(25)35-19-21-6-4-7-22(31)16-21/h2-16,18,33H,17,19H2,1H3/b28-18-,30-26-,32-29+.